The maximum absolute atomic E-state index is 4.24. The summed E-state index contributed by atoms with van der Waals surface area (Å²) in [5.74, 6) is 0. The van der Waals surface area contributed by atoms with E-state index in [0.717, 1.165) is 24.7 Å². The van der Waals surface area contributed by atoms with Crippen molar-refractivity contribution in [1.82, 2.24) is 15.3 Å². The molecular formula is C14H17N3S. The Morgan fingerprint density at radius 3 is 2.67 bits per heavy atom. The molecule has 0 amide bonds. The standard InChI is InChI=1S/C14H17N3S/c1-2-8-15-11-12-6-3-4-7-13(12)18-14-16-9-5-10-17-14/h3-7,9-10,15H,2,8,11H2,1H3. The first-order chi connectivity index (χ1) is 8.90. The summed E-state index contributed by atoms with van der Waals surface area (Å²) in [7, 11) is 0. The predicted molar refractivity (Wildman–Crippen MR) is 74.6 cm³/mol. The zero-order valence-corrected chi connectivity index (χ0v) is 11.3. The Kier molecular flexibility index (Phi) is 5.17. The molecule has 18 heavy (non-hydrogen) atoms. The quantitative estimate of drug-likeness (QED) is 0.639. The molecule has 0 aliphatic heterocycles. The zero-order valence-electron chi connectivity index (χ0n) is 10.5. The topological polar surface area (TPSA) is 37.8 Å². The van der Waals surface area contributed by atoms with E-state index in [0.29, 0.717) is 0 Å². The van der Waals surface area contributed by atoms with Crippen LogP contribution in [0.15, 0.2) is 52.8 Å². The molecule has 0 saturated carbocycles. The SMILES string of the molecule is CCCNCc1ccccc1Sc1ncccn1. The zero-order chi connectivity index (χ0) is 12.6. The molecule has 0 aliphatic carbocycles. The van der Waals surface area contributed by atoms with Gasteiger partial charge in [-0.25, -0.2) is 9.97 Å². The molecule has 4 heteroatoms. The maximum Gasteiger partial charge on any atom is 0.192 e. The van der Waals surface area contributed by atoms with Crippen LogP contribution in [0, 0.1) is 0 Å². The third-order valence-corrected chi connectivity index (χ3v) is 3.47. The first-order valence-corrected chi connectivity index (χ1v) is 6.95. The third-order valence-electron chi connectivity index (χ3n) is 2.46. The van der Waals surface area contributed by atoms with E-state index >= 15 is 0 Å². The highest BCUT2D eigenvalue weighted by molar-refractivity contribution is 7.99. The van der Waals surface area contributed by atoms with Crippen LogP contribution in [0.3, 0.4) is 0 Å². The first-order valence-electron chi connectivity index (χ1n) is 6.13. The maximum atomic E-state index is 4.24. The van der Waals surface area contributed by atoms with Gasteiger partial charge in [0.25, 0.3) is 0 Å². The van der Waals surface area contributed by atoms with Crippen molar-refractivity contribution in [3.8, 4) is 0 Å². The van der Waals surface area contributed by atoms with Crippen molar-refractivity contribution >= 4 is 11.8 Å². The van der Waals surface area contributed by atoms with Gasteiger partial charge in [-0.1, -0.05) is 25.1 Å². The van der Waals surface area contributed by atoms with Gasteiger partial charge >= 0.3 is 0 Å². The molecule has 1 N–H and O–H groups in total. The monoisotopic (exact) mass is 259 g/mol. The van der Waals surface area contributed by atoms with Gasteiger partial charge in [-0.2, -0.15) is 0 Å². The van der Waals surface area contributed by atoms with E-state index in [-0.39, 0.29) is 0 Å². The van der Waals surface area contributed by atoms with Crippen molar-refractivity contribution in [3.63, 3.8) is 0 Å². The van der Waals surface area contributed by atoms with Crippen LogP contribution in [0.25, 0.3) is 0 Å². The Bertz CT molecular complexity index is 473. The van der Waals surface area contributed by atoms with Crippen LogP contribution in [0.1, 0.15) is 18.9 Å². The molecule has 3 nitrogen and oxygen atoms in total. The highest BCUT2D eigenvalue weighted by Crippen LogP contribution is 2.27. The lowest BCUT2D eigenvalue weighted by Gasteiger charge is -2.08. The summed E-state index contributed by atoms with van der Waals surface area (Å²) in [6, 6.07) is 10.2. The largest absolute Gasteiger partial charge is 0.313 e. The van der Waals surface area contributed by atoms with Gasteiger partial charge in [-0.15, -0.1) is 0 Å². The van der Waals surface area contributed by atoms with Crippen molar-refractivity contribution in [2.75, 3.05) is 6.54 Å². The van der Waals surface area contributed by atoms with Gasteiger partial charge < -0.3 is 5.32 Å². The molecule has 0 bridgehead atoms. The minimum absolute atomic E-state index is 0.792. The number of hydrogen-bond donors (Lipinski definition) is 1. The van der Waals surface area contributed by atoms with Crippen LogP contribution in [-0.2, 0) is 6.54 Å². The van der Waals surface area contributed by atoms with Crippen molar-refractivity contribution < 1.29 is 0 Å². The molecule has 0 aliphatic rings. The van der Waals surface area contributed by atoms with Crippen molar-refractivity contribution in [1.29, 1.82) is 0 Å². The van der Waals surface area contributed by atoms with Crippen LogP contribution in [-0.4, -0.2) is 16.5 Å². The Morgan fingerprint density at radius 1 is 1.11 bits per heavy atom. The number of hydrogen-bond acceptors (Lipinski definition) is 4. The molecule has 0 unspecified atom stereocenters. The predicted octanol–water partition coefficient (Wildman–Crippen LogP) is 3.13. The molecular weight excluding hydrogens is 242 g/mol. The van der Waals surface area contributed by atoms with Crippen molar-refractivity contribution in [2.24, 2.45) is 0 Å². The van der Waals surface area contributed by atoms with Gasteiger partial charge in [0.1, 0.15) is 0 Å². The first kappa shape index (κ1) is 13.1. The normalized spacial score (nSPS) is 10.5. The number of benzene rings is 1. The van der Waals surface area contributed by atoms with Gasteiger partial charge in [0, 0.05) is 23.8 Å². The lowest BCUT2D eigenvalue weighted by molar-refractivity contribution is 0.669. The van der Waals surface area contributed by atoms with E-state index in [9.17, 15) is 0 Å². The van der Waals surface area contributed by atoms with E-state index in [1.165, 1.54) is 10.5 Å². The van der Waals surface area contributed by atoms with Crippen LogP contribution in [0.2, 0.25) is 0 Å². The average Bonchev–Trinajstić information content (AvgIpc) is 2.42. The lowest BCUT2D eigenvalue weighted by Crippen LogP contribution is -2.14. The fraction of sp³-hybridized carbons (Fsp3) is 0.286. The minimum Gasteiger partial charge on any atom is -0.313 e. The van der Waals surface area contributed by atoms with Crippen LogP contribution < -0.4 is 5.32 Å². The fourth-order valence-electron chi connectivity index (χ4n) is 1.59. The molecule has 0 fully saturated rings. The number of nitrogens with one attached hydrogen (secondary N) is 1. The molecule has 0 spiro atoms. The van der Waals surface area contributed by atoms with E-state index in [4.69, 9.17) is 0 Å². The van der Waals surface area contributed by atoms with Crippen LogP contribution in [0.4, 0.5) is 0 Å². The van der Waals surface area contributed by atoms with Crippen LogP contribution in [0.5, 0.6) is 0 Å². The Hall–Kier alpha value is -1.39. The number of aromatic nitrogens is 2. The minimum atomic E-state index is 0.792. The molecule has 1 aromatic carbocycles. The van der Waals surface area contributed by atoms with E-state index in [2.05, 4.69) is 46.5 Å². The number of nitrogens with zero attached hydrogens (tertiary/aromatic N) is 2. The highest BCUT2D eigenvalue weighted by atomic mass is 32.2. The Balaban J connectivity index is 2.07. The summed E-state index contributed by atoms with van der Waals surface area (Å²) in [5, 5.41) is 4.22. The molecule has 2 rings (SSSR count). The highest BCUT2D eigenvalue weighted by Gasteiger charge is 2.04. The smallest absolute Gasteiger partial charge is 0.192 e. The van der Waals surface area contributed by atoms with Gasteiger partial charge in [0.2, 0.25) is 0 Å². The summed E-state index contributed by atoms with van der Waals surface area (Å²) in [5.41, 5.74) is 1.29. The molecule has 0 atom stereocenters. The second-order valence-corrected chi connectivity index (χ2v) is 4.93. The summed E-state index contributed by atoms with van der Waals surface area (Å²) in [6.45, 7) is 4.11. The van der Waals surface area contributed by atoms with Crippen molar-refractivity contribution in [2.45, 2.75) is 29.9 Å². The second-order valence-electron chi connectivity index (χ2n) is 3.92. The second kappa shape index (κ2) is 7.13. The molecule has 2 aromatic rings. The Morgan fingerprint density at radius 2 is 1.89 bits per heavy atom. The van der Waals surface area contributed by atoms with Gasteiger partial charge in [-0.3, -0.25) is 0 Å². The van der Waals surface area contributed by atoms with Gasteiger partial charge in [-0.05, 0) is 42.4 Å². The van der Waals surface area contributed by atoms with E-state index < -0.39 is 0 Å². The summed E-state index contributed by atoms with van der Waals surface area (Å²) in [4.78, 5) is 9.70. The third kappa shape index (κ3) is 3.82. The van der Waals surface area contributed by atoms with Gasteiger partial charge in [0.15, 0.2) is 5.16 Å². The molecule has 94 valence electrons. The van der Waals surface area contributed by atoms with E-state index in [1.807, 2.05) is 6.07 Å². The lowest BCUT2D eigenvalue weighted by atomic mass is 10.2. The summed E-state index contributed by atoms with van der Waals surface area (Å²) in [6.07, 6.45) is 4.69. The Labute approximate surface area is 112 Å². The summed E-state index contributed by atoms with van der Waals surface area (Å²) >= 11 is 1.61. The fourth-order valence-corrected chi connectivity index (χ4v) is 2.43. The molecule has 1 heterocycles. The van der Waals surface area contributed by atoms with Crippen LogP contribution >= 0.6 is 11.8 Å². The van der Waals surface area contributed by atoms with Crippen molar-refractivity contribution in [3.05, 3.63) is 48.3 Å². The molecule has 0 saturated heterocycles. The molecule has 1 aromatic heterocycles. The van der Waals surface area contributed by atoms with Gasteiger partial charge in [0.05, 0.1) is 0 Å². The number of rotatable bonds is 6. The van der Waals surface area contributed by atoms with E-state index in [1.54, 1.807) is 24.2 Å². The average molecular weight is 259 g/mol. The summed E-state index contributed by atoms with van der Waals surface area (Å²) < 4.78 is 0. The molecule has 0 radical (unpaired) electrons.